The molecule has 0 radical (unpaired) electrons. The van der Waals surface area contributed by atoms with Gasteiger partial charge < -0.3 is 25.8 Å². The van der Waals surface area contributed by atoms with Gasteiger partial charge >= 0.3 is 5.69 Å². The highest BCUT2D eigenvalue weighted by Crippen LogP contribution is 2.44. The topological polar surface area (TPSA) is 131 Å². The molecular formula is C11H16ClN3O5. The van der Waals surface area contributed by atoms with Crippen molar-refractivity contribution in [2.24, 2.45) is 0 Å². The summed E-state index contributed by atoms with van der Waals surface area (Å²) in [6.07, 6.45) is -1.44. The molecule has 0 aromatic carbocycles. The Morgan fingerprint density at radius 3 is 2.75 bits per heavy atom. The highest BCUT2D eigenvalue weighted by atomic mass is 35.5. The third kappa shape index (κ3) is 2.09. The maximum atomic E-state index is 11.8. The van der Waals surface area contributed by atoms with E-state index in [2.05, 4.69) is 4.98 Å². The van der Waals surface area contributed by atoms with Crippen LogP contribution in [0.3, 0.4) is 0 Å². The minimum absolute atomic E-state index is 0.0233. The van der Waals surface area contributed by atoms with Gasteiger partial charge in [-0.1, -0.05) is 0 Å². The number of hydrogen-bond acceptors (Lipinski definition) is 7. The fraction of sp³-hybridized carbons (Fsp3) is 0.636. The van der Waals surface area contributed by atoms with E-state index in [0.717, 1.165) is 4.57 Å². The van der Waals surface area contributed by atoms with Gasteiger partial charge in [-0.3, -0.25) is 4.57 Å². The number of halogens is 1. The Bertz CT molecular complexity index is 557. The normalized spacial score (nSPS) is 37.2. The van der Waals surface area contributed by atoms with Crippen LogP contribution in [0.25, 0.3) is 0 Å². The number of aliphatic hydroxyl groups excluding tert-OH is 2. The molecule has 20 heavy (non-hydrogen) atoms. The lowest BCUT2D eigenvalue weighted by Crippen LogP contribution is -2.52. The van der Waals surface area contributed by atoms with Gasteiger partial charge in [0.05, 0.1) is 12.5 Å². The summed E-state index contributed by atoms with van der Waals surface area (Å²) in [7, 11) is 0. The molecule has 1 aromatic rings. The number of nitrogen functional groups attached to an aromatic ring is 1. The van der Waals surface area contributed by atoms with Crippen LogP contribution in [-0.4, -0.2) is 54.7 Å². The van der Waals surface area contributed by atoms with Crippen molar-refractivity contribution < 1.29 is 20.1 Å². The van der Waals surface area contributed by atoms with Crippen molar-refractivity contribution in [3.63, 3.8) is 0 Å². The number of anilines is 1. The number of nitrogens with two attached hydrogens (primary N) is 1. The molecule has 1 aliphatic heterocycles. The van der Waals surface area contributed by atoms with Crippen molar-refractivity contribution in [1.82, 2.24) is 9.55 Å². The first-order valence-electron chi connectivity index (χ1n) is 5.88. The number of alkyl halides is 1. The van der Waals surface area contributed by atoms with Gasteiger partial charge in [0.25, 0.3) is 0 Å². The zero-order valence-electron chi connectivity index (χ0n) is 10.7. The molecule has 2 rings (SSSR count). The lowest BCUT2D eigenvalue weighted by Gasteiger charge is -2.29. The number of nitrogens with zero attached hydrogens (tertiary/aromatic N) is 2. The second kappa shape index (κ2) is 4.97. The molecule has 5 N–H and O–H groups in total. The molecule has 1 aliphatic rings. The van der Waals surface area contributed by atoms with Crippen molar-refractivity contribution in [1.29, 1.82) is 0 Å². The highest BCUT2D eigenvalue weighted by molar-refractivity contribution is 6.18. The maximum Gasteiger partial charge on any atom is 0.351 e. The Labute approximate surface area is 119 Å². The molecule has 1 aromatic heterocycles. The molecule has 0 aliphatic carbocycles. The van der Waals surface area contributed by atoms with Crippen LogP contribution in [0.5, 0.6) is 0 Å². The number of rotatable bonds is 3. The zero-order valence-corrected chi connectivity index (χ0v) is 11.5. The Hall–Kier alpha value is -1.19. The third-order valence-corrected chi connectivity index (χ3v) is 3.95. The van der Waals surface area contributed by atoms with Crippen molar-refractivity contribution in [2.75, 3.05) is 18.2 Å². The predicted molar refractivity (Wildman–Crippen MR) is 70.2 cm³/mol. The van der Waals surface area contributed by atoms with E-state index in [1.54, 1.807) is 0 Å². The molecular weight excluding hydrogens is 290 g/mol. The van der Waals surface area contributed by atoms with Crippen molar-refractivity contribution in [3.05, 3.63) is 22.7 Å². The summed E-state index contributed by atoms with van der Waals surface area (Å²) in [5.41, 5.74) is 1.25. The molecule has 9 heteroatoms. The first kappa shape index (κ1) is 15.2. The minimum atomic E-state index is -1.83. The SMILES string of the molecule is CC1(O)C(n2ccc(N)nc2=O)OC(CO)(CCl)C1O. The van der Waals surface area contributed by atoms with E-state index in [1.807, 2.05) is 0 Å². The van der Waals surface area contributed by atoms with E-state index >= 15 is 0 Å². The number of aliphatic hydroxyl groups is 3. The fourth-order valence-electron chi connectivity index (χ4n) is 2.29. The van der Waals surface area contributed by atoms with Crippen LogP contribution in [0.2, 0.25) is 0 Å². The van der Waals surface area contributed by atoms with Gasteiger partial charge in [0.15, 0.2) is 6.23 Å². The number of ether oxygens (including phenoxy) is 1. The van der Waals surface area contributed by atoms with Crippen LogP contribution in [0.1, 0.15) is 13.2 Å². The average molecular weight is 306 g/mol. The van der Waals surface area contributed by atoms with Crippen LogP contribution in [0.4, 0.5) is 5.82 Å². The smallest absolute Gasteiger partial charge is 0.351 e. The Balaban J connectivity index is 2.50. The summed E-state index contributed by atoms with van der Waals surface area (Å²) >= 11 is 5.73. The molecule has 112 valence electrons. The van der Waals surface area contributed by atoms with E-state index in [0.29, 0.717) is 0 Å². The molecule has 8 nitrogen and oxygen atoms in total. The summed E-state index contributed by atoms with van der Waals surface area (Å²) in [5, 5.41) is 30.0. The van der Waals surface area contributed by atoms with Gasteiger partial charge in [-0.15, -0.1) is 11.6 Å². The summed E-state index contributed by atoms with van der Waals surface area (Å²) in [6, 6.07) is 1.35. The van der Waals surface area contributed by atoms with Crippen LogP contribution < -0.4 is 11.4 Å². The predicted octanol–water partition coefficient (Wildman–Crippen LogP) is -1.56. The van der Waals surface area contributed by atoms with Gasteiger partial charge in [0.1, 0.15) is 23.1 Å². The van der Waals surface area contributed by atoms with Crippen LogP contribution in [0.15, 0.2) is 17.1 Å². The molecule has 0 bridgehead atoms. The minimum Gasteiger partial charge on any atom is -0.393 e. The first-order chi connectivity index (χ1) is 9.28. The lowest BCUT2D eigenvalue weighted by molar-refractivity contribution is -0.120. The highest BCUT2D eigenvalue weighted by Gasteiger charge is 2.61. The van der Waals surface area contributed by atoms with Crippen LogP contribution >= 0.6 is 11.6 Å². The van der Waals surface area contributed by atoms with E-state index in [4.69, 9.17) is 22.1 Å². The molecule has 4 unspecified atom stereocenters. The van der Waals surface area contributed by atoms with E-state index in [9.17, 15) is 20.1 Å². The monoisotopic (exact) mass is 305 g/mol. The van der Waals surface area contributed by atoms with Gasteiger partial charge in [0, 0.05) is 6.20 Å². The molecule has 0 spiro atoms. The summed E-state index contributed by atoms with van der Waals surface area (Å²) in [4.78, 5) is 15.3. The van der Waals surface area contributed by atoms with Gasteiger partial charge in [-0.2, -0.15) is 4.98 Å². The molecule has 4 atom stereocenters. The quantitative estimate of drug-likeness (QED) is 0.496. The molecule has 2 heterocycles. The average Bonchev–Trinajstić information content (AvgIpc) is 2.60. The second-order valence-electron chi connectivity index (χ2n) is 5.00. The largest absolute Gasteiger partial charge is 0.393 e. The maximum absolute atomic E-state index is 11.8. The Morgan fingerprint density at radius 2 is 2.30 bits per heavy atom. The van der Waals surface area contributed by atoms with Crippen molar-refractivity contribution in [3.8, 4) is 0 Å². The van der Waals surface area contributed by atoms with Crippen molar-refractivity contribution >= 4 is 17.4 Å². The van der Waals surface area contributed by atoms with Gasteiger partial charge in [-0.05, 0) is 13.0 Å². The van der Waals surface area contributed by atoms with Gasteiger partial charge in [-0.25, -0.2) is 4.79 Å². The summed E-state index contributed by atoms with van der Waals surface area (Å²) in [6.45, 7) is 0.677. The third-order valence-electron chi connectivity index (χ3n) is 3.50. The second-order valence-corrected chi connectivity index (χ2v) is 5.26. The fourth-order valence-corrected chi connectivity index (χ4v) is 2.58. The number of hydrogen-bond donors (Lipinski definition) is 4. The van der Waals surface area contributed by atoms with Crippen molar-refractivity contribution in [2.45, 2.75) is 30.5 Å². The van der Waals surface area contributed by atoms with E-state index in [-0.39, 0.29) is 11.7 Å². The molecule has 1 fully saturated rings. The van der Waals surface area contributed by atoms with Crippen LogP contribution in [-0.2, 0) is 4.74 Å². The summed E-state index contributed by atoms with van der Waals surface area (Å²) < 4.78 is 6.47. The number of aromatic nitrogens is 2. The lowest BCUT2D eigenvalue weighted by atomic mass is 9.89. The van der Waals surface area contributed by atoms with E-state index in [1.165, 1.54) is 19.2 Å². The zero-order chi connectivity index (χ0) is 15.1. The van der Waals surface area contributed by atoms with Gasteiger partial charge in [0.2, 0.25) is 0 Å². The van der Waals surface area contributed by atoms with Crippen LogP contribution in [0, 0.1) is 0 Å². The summed E-state index contributed by atoms with van der Waals surface area (Å²) in [5.74, 6) is -0.232. The molecule has 0 saturated carbocycles. The molecule has 0 amide bonds. The Morgan fingerprint density at radius 1 is 1.65 bits per heavy atom. The first-order valence-corrected chi connectivity index (χ1v) is 6.41. The standard InChI is InChI=1S/C11H16ClN3O5/c1-10(19)7(17)11(4-12,5-16)20-8(10)15-3-2-6(13)14-9(15)18/h2-3,7-8,16-17,19H,4-5H2,1H3,(H2,13,14,18). The van der Waals surface area contributed by atoms with E-state index < -0.39 is 35.8 Å². The molecule has 1 saturated heterocycles. The Kier molecular flexibility index (Phi) is 3.78.